The molecular formula is C21H23ClN2O2. The number of nitrogens with one attached hydrogen (secondary N) is 1. The van der Waals surface area contributed by atoms with Crippen molar-refractivity contribution < 1.29 is 9.53 Å². The van der Waals surface area contributed by atoms with E-state index in [0.717, 1.165) is 42.9 Å². The SMILES string of the molecule is CN1CCC(Oc2ccc(NC(=O)/C=C/c3ccccc3Cl)cc2)CC1. The summed E-state index contributed by atoms with van der Waals surface area (Å²) in [4.78, 5) is 14.4. The molecule has 26 heavy (non-hydrogen) atoms. The molecule has 2 aromatic carbocycles. The van der Waals surface area contributed by atoms with Crippen LogP contribution >= 0.6 is 11.6 Å². The van der Waals surface area contributed by atoms with E-state index in [-0.39, 0.29) is 12.0 Å². The van der Waals surface area contributed by atoms with E-state index in [4.69, 9.17) is 16.3 Å². The normalized spacial score (nSPS) is 15.9. The molecule has 2 aromatic rings. The molecule has 1 saturated heterocycles. The number of hydrogen-bond donors (Lipinski definition) is 1. The number of benzene rings is 2. The van der Waals surface area contributed by atoms with Crippen LogP contribution < -0.4 is 10.1 Å². The van der Waals surface area contributed by atoms with Crippen LogP contribution in [0.2, 0.25) is 5.02 Å². The molecule has 136 valence electrons. The maximum Gasteiger partial charge on any atom is 0.248 e. The first kappa shape index (κ1) is 18.5. The topological polar surface area (TPSA) is 41.6 Å². The number of piperidine rings is 1. The number of likely N-dealkylation sites (tertiary alicyclic amines) is 1. The zero-order valence-corrected chi connectivity index (χ0v) is 15.6. The number of ether oxygens (including phenoxy) is 1. The van der Waals surface area contributed by atoms with Gasteiger partial charge in [0.15, 0.2) is 0 Å². The molecular weight excluding hydrogens is 348 g/mol. The fraction of sp³-hybridized carbons (Fsp3) is 0.286. The van der Waals surface area contributed by atoms with Crippen LogP contribution in [-0.2, 0) is 4.79 Å². The van der Waals surface area contributed by atoms with Crippen molar-refractivity contribution in [1.82, 2.24) is 4.90 Å². The number of halogens is 1. The highest BCUT2D eigenvalue weighted by atomic mass is 35.5. The average molecular weight is 371 g/mol. The van der Waals surface area contributed by atoms with Gasteiger partial charge in [-0.05, 0) is 61.9 Å². The molecule has 5 heteroatoms. The van der Waals surface area contributed by atoms with Crippen molar-refractivity contribution in [3.63, 3.8) is 0 Å². The summed E-state index contributed by atoms with van der Waals surface area (Å²) in [5.41, 5.74) is 1.54. The maximum absolute atomic E-state index is 12.1. The van der Waals surface area contributed by atoms with Crippen LogP contribution in [0.3, 0.4) is 0 Å². The van der Waals surface area contributed by atoms with Crippen molar-refractivity contribution in [2.45, 2.75) is 18.9 Å². The zero-order valence-electron chi connectivity index (χ0n) is 14.8. The Hall–Kier alpha value is -2.30. The van der Waals surface area contributed by atoms with E-state index < -0.39 is 0 Å². The van der Waals surface area contributed by atoms with Gasteiger partial charge in [-0.15, -0.1) is 0 Å². The number of nitrogens with zero attached hydrogens (tertiary/aromatic N) is 1. The van der Waals surface area contributed by atoms with Gasteiger partial charge < -0.3 is 15.0 Å². The second-order valence-electron chi connectivity index (χ2n) is 6.49. The summed E-state index contributed by atoms with van der Waals surface area (Å²) in [6.07, 6.45) is 5.54. The Morgan fingerprint density at radius 2 is 1.85 bits per heavy atom. The van der Waals surface area contributed by atoms with Crippen molar-refractivity contribution in [3.05, 3.63) is 65.2 Å². The quantitative estimate of drug-likeness (QED) is 0.790. The molecule has 1 amide bonds. The molecule has 1 heterocycles. The molecule has 0 aromatic heterocycles. The monoisotopic (exact) mass is 370 g/mol. The van der Waals surface area contributed by atoms with Crippen molar-refractivity contribution in [2.75, 3.05) is 25.5 Å². The van der Waals surface area contributed by atoms with Gasteiger partial charge in [0.25, 0.3) is 0 Å². The Labute approximate surface area is 159 Å². The van der Waals surface area contributed by atoms with E-state index in [9.17, 15) is 4.79 Å². The summed E-state index contributed by atoms with van der Waals surface area (Å²) in [7, 11) is 2.13. The number of rotatable bonds is 5. The lowest BCUT2D eigenvalue weighted by atomic mass is 10.1. The van der Waals surface area contributed by atoms with Crippen LogP contribution in [0.5, 0.6) is 5.75 Å². The second kappa shape index (κ2) is 8.88. The lowest BCUT2D eigenvalue weighted by Crippen LogP contribution is -2.35. The minimum Gasteiger partial charge on any atom is -0.490 e. The summed E-state index contributed by atoms with van der Waals surface area (Å²) in [6, 6.07) is 14.9. The van der Waals surface area contributed by atoms with Crippen LogP contribution in [0.4, 0.5) is 5.69 Å². The van der Waals surface area contributed by atoms with Gasteiger partial charge in [-0.3, -0.25) is 4.79 Å². The van der Waals surface area contributed by atoms with E-state index in [2.05, 4.69) is 17.3 Å². The van der Waals surface area contributed by atoms with Gasteiger partial charge >= 0.3 is 0 Å². The minimum absolute atomic E-state index is 0.200. The molecule has 4 nitrogen and oxygen atoms in total. The summed E-state index contributed by atoms with van der Waals surface area (Å²) in [5, 5.41) is 3.45. The lowest BCUT2D eigenvalue weighted by Gasteiger charge is -2.29. The lowest BCUT2D eigenvalue weighted by molar-refractivity contribution is -0.111. The molecule has 0 atom stereocenters. The highest BCUT2D eigenvalue weighted by Crippen LogP contribution is 2.21. The van der Waals surface area contributed by atoms with E-state index in [0.29, 0.717) is 5.02 Å². The number of amides is 1. The number of hydrogen-bond acceptors (Lipinski definition) is 3. The predicted octanol–water partition coefficient (Wildman–Crippen LogP) is 4.46. The number of anilines is 1. The Morgan fingerprint density at radius 1 is 1.15 bits per heavy atom. The first-order chi connectivity index (χ1) is 12.6. The summed E-state index contributed by atoms with van der Waals surface area (Å²) < 4.78 is 6.01. The summed E-state index contributed by atoms with van der Waals surface area (Å²) in [6.45, 7) is 2.13. The third-order valence-corrected chi connectivity index (χ3v) is 4.75. The van der Waals surface area contributed by atoms with Gasteiger partial charge in [0.2, 0.25) is 5.91 Å². The van der Waals surface area contributed by atoms with Crippen LogP contribution in [0, 0.1) is 0 Å². The van der Waals surface area contributed by atoms with Crippen molar-refractivity contribution >= 4 is 29.3 Å². The van der Waals surface area contributed by atoms with Crippen molar-refractivity contribution in [1.29, 1.82) is 0 Å². The molecule has 1 N–H and O–H groups in total. The summed E-state index contributed by atoms with van der Waals surface area (Å²) >= 11 is 6.07. The predicted molar refractivity (Wildman–Crippen MR) is 107 cm³/mol. The van der Waals surface area contributed by atoms with Gasteiger partial charge in [0.1, 0.15) is 11.9 Å². The molecule has 0 spiro atoms. The molecule has 0 radical (unpaired) electrons. The van der Waals surface area contributed by atoms with Crippen molar-refractivity contribution in [3.8, 4) is 5.75 Å². The van der Waals surface area contributed by atoms with Gasteiger partial charge in [0.05, 0.1) is 0 Å². The van der Waals surface area contributed by atoms with Crippen molar-refractivity contribution in [2.24, 2.45) is 0 Å². The smallest absolute Gasteiger partial charge is 0.248 e. The molecule has 1 aliphatic heterocycles. The Balaban J connectivity index is 1.52. The van der Waals surface area contributed by atoms with Crippen LogP contribution in [0.15, 0.2) is 54.6 Å². The second-order valence-corrected chi connectivity index (χ2v) is 6.90. The minimum atomic E-state index is -0.200. The van der Waals surface area contributed by atoms with E-state index >= 15 is 0 Å². The summed E-state index contributed by atoms with van der Waals surface area (Å²) in [5.74, 6) is 0.637. The van der Waals surface area contributed by atoms with Crippen LogP contribution in [-0.4, -0.2) is 37.0 Å². The zero-order chi connectivity index (χ0) is 18.4. The molecule has 1 fully saturated rings. The van der Waals surface area contributed by atoms with E-state index in [1.165, 1.54) is 6.08 Å². The first-order valence-corrected chi connectivity index (χ1v) is 9.17. The average Bonchev–Trinajstić information content (AvgIpc) is 2.64. The van der Waals surface area contributed by atoms with Gasteiger partial charge in [-0.2, -0.15) is 0 Å². The van der Waals surface area contributed by atoms with Gasteiger partial charge in [0, 0.05) is 29.9 Å². The Morgan fingerprint density at radius 3 is 2.54 bits per heavy atom. The Bertz CT molecular complexity index is 766. The van der Waals surface area contributed by atoms with Crippen LogP contribution in [0.25, 0.3) is 6.08 Å². The molecule has 0 bridgehead atoms. The largest absolute Gasteiger partial charge is 0.490 e. The highest BCUT2D eigenvalue weighted by Gasteiger charge is 2.17. The fourth-order valence-corrected chi connectivity index (χ4v) is 3.07. The van der Waals surface area contributed by atoms with Gasteiger partial charge in [-0.25, -0.2) is 0 Å². The van der Waals surface area contributed by atoms with Gasteiger partial charge in [-0.1, -0.05) is 29.8 Å². The standard InChI is InChI=1S/C21H23ClN2O2/c1-24-14-12-19(13-15-24)26-18-9-7-17(8-10-18)23-21(25)11-6-16-4-2-3-5-20(16)22/h2-11,19H,12-15H2,1H3,(H,23,25)/b11-6+. The molecule has 1 aliphatic rings. The third kappa shape index (κ3) is 5.35. The van der Waals surface area contributed by atoms with Crippen LogP contribution in [0.1, 0.15) is 18.4 Å². The number of carbonyl (C=O) groups is 1. The first-order valence-electron chi connectivity index (χ1n) is 8.79. The third-order valence-electron chi connectivity index (χ3n) is 4.41. The molecule has 0 saturated carbocycles. The molecule has 3 rings (SSSR count). The maximum atomic E-state index is 12.1. The molecule has 0 aliphatic carbocycles. The highest BCUT2D eigenvalue weighted by molar-refractivity contribution is 6.32. The number of carbonyl (C=O) groups excluding carboxylic acids is 1. The van der Waals surface area contributed by atoms with E-state index in [1.807, 2.05) is 42.5 Å². The Kier molecular flexibility index (Phi) is 6.31. The van der Waals surface area contributed by atoms with E-state index in [1.54, 1.807) is 12.1 Å². The fourth-order valence-electron chi connectivity index (χ4n) is 2.87. The molecule has 0 unspecified atom stereocenters.